The fourth-order valence-corrected chi connectivity index (χ4v) is 5.08. The molecule has 0 fully saturated rings. The first-order valence-corrected chi connectivity index (χ1v) is 16.8. The smallest absolute Gasteiger partial charge is 0.408 e. The number of benzene rings is 2. The number of aliphatic hydroxyl groups is 1. The van der Waals surface area contributed by atoms with Crippen LogP contribution in [0, 0.1) is 11.3 Å². The van der Waals surface area contributed by atoms with Crippen molar-refractivity contribution < 1.29 is 29.0 Å². The summed E-state index contributed by atoms with van der Waals surface area (Å²) in [4.78, 5) is 56.8. The van der Waals surface area contributed by atoms with E-state index in [0.717, 1.165) is 11.1 Å². The van der Waals surface area contributed by atoms with Gasteiger partial charge in [0, 0.05) is 13.1 Å². The quantitative estimate of drug-likeness (QED) is 0.0664. The molecule has 270 valence electrons. The number of aliphatic imine (C=N–C) groups is 1. The topological polar surface area (TPSA) is 210 Å². The molecule has 13 nitrogen and oxygen atoms in total. The van der Waals surface area contributed by atoms with Gasteiger partial charge in [-0.1, -0.05) is 95.3 Å². The monoisotopic (exact) mass is 681 g/mol. The van der Waals surface area contributed by atoms with Crippen molar-refractivity contribution in [3.05, 3.63) is 71.8 Å². The first kappa shape index (κ1) is 40.5. The molecular weight excluding hydrogens is 626 g/mol. The van der Waals surface area contributed by atoms with E-state index in [1.807, 2.05) is 62.4 Å². The fourth-order valence-electron chi connectivity index (χ4n) is 5.08. The number of carbonyl (C=O) groups is 4. The predicted octanol–water partition coefficient (Wildman–Crippen LogP) is 2.51. The minimum absolute atomic E-state index is 0.00660. The Kier molecular flexibility index (Phi) is 17.1. The van der Waals surface area contributed by atoms with Crippen LogP contribution in [0.4, 0.5) is 4.79 Å². The largest absolute Gasteiger partial charge is 0.445 e. The highest BCUT2D eigenvalue weighted by Crippen LogP contribution is 2.21. The first-order valence-electron chi connectivity index (χ1n) is 16.8. The third-order valence-electron chi connectivity index (χ3n) is 7.67. The number of nitrogens with zero attached hydrogens (tertiary/aromatic N) is 1. The number of hydrogen-bond acceptors (Lipinski definition) is 7. The SMILES string of the molecule is CC(C)C[C@H](NC(=O)[C@@H](NC(=O)[C@H](CCCN=C(N)N)NC(=O)OCc1ccccc1)C(C)(C)C)[C@@H](O)CC(=O)NCCc1ccccc1. The number of ether oxygens (including phenoxy) is 1. The van der Waals surface area contributed by atoms with E-state index >= 15 is 0 Å². The average Bonchev–Trinajstić information content (AvgIpc) is 3.03. The van der Waals surface area contributed by atoms with Crippen LogP contribution >= 0.6 is 0 Å². The maximum absolute atomic E-state index is 13.8. The number of rotatable bonds is 19. The molecule has 0 saturated heterocycles. The van der Waals surface area contributed by atoms with Crippen LogP contribution in [-0.2, 0) is 32.1 Å². The zero-order valence-electron chi connectivity index (χ0n) is 29.4. The molecule has 0 aliphatic heterocycles. The maximum atomic E-state index is 13.8. The summed E-state index contributed by atoms with van der Waals surface area (Å²) in [6.07, 6.45) is -0.596. The molecule has 2 aromatic rings. The van der Waals surface area contributed by atoms with Gasteiger partial charge in [-0.15, -0.1) is 0 Å². The molecule has 0 aliphatic rings. The van der Waals surface area contributed by atoms with Crippen LogP contribution in [0.3, 0.4) is 0 Å². The molecule has 49 heavy (non-hydrogen) atoms. The highest BCUT2D eigenvalue weighted by molar-refractivity contribution is 5.92. The van der Waals surface area contributed by atoms with Gasteiger partial charge < -0.3 is 42.6 Å². The number of aliphatic hydroxyl groups excluding tert-OH is 1. The molecule has 9 N–H and O–H groups in total. The van der Waals surface area contributed by atoms with Crippen molar-refractivity contribution in [3.8, 4) is 0 Å². The van der Waals surface area contributed by atoms with E-state index in [-0.39, 0.29) is 43.8 Å². The normalized spacial score (nSPS) is 13.7. The van der Waals surface area contributed by atoms with Gasteiger partial charge in [0.1, 0.15) is 18.7 Å². The van der Waals surface area contributed by atoms with Gasteiger partial charge in [-0.05, 0) is 48.1 Å². The molecule has 0 radical (unpaired) electrons. The average molecular weight is 682 g/mol. The summed E-state index contributed by atoms with van der Waals surface area (Å²) in [5.74, 6) is -1.47. The van der Waals surface area contributed by atoms with Gasteiger partial charge in [-0.3, -0.25) is 19.4 Å². The molecule has 2 aromatic carbocycles. The Morgan fingerprint density at radius 2 is 1.49 bits per heavy atom. The van der Waals surface area contributed by atoms with Crippen LogP contribution in [0.2, 0.25) is 0 Å². The van der Waals surface area contributed by atoms with Gasteiger partial charge in [0.05, 0.1) is 18.6 Å². The van der Waals surface area contributed by atoms with Crippen molar-refractivity contribution in [2.75, 3.05) is 13.1 Å². The zero-order valence-corrected chi connectivity index (χ0v) is 29.4. The summed E-state index contributed by atoms with van der Waals surface area (Å²) < 4.78 is 5.33. The molecule has 0 spiro atoms. The van der Waals surface area contributed by atoms with E-state index in [1.165, 1.54) is 0 Å². The molecule has 0 aliphatic carbocycles. The standard InChI is InChI=1S/C36H55N7O6/c1-24(2)21-28(29(44)22-30(45)39-20-18-25-13-8-6-9-14-25)41-33(47)31(36(3,4)5)43-32(46)27(17-12-19-40-34(37)38)42-35(48)49-23-26-15-10-7-11-16-26/h6-11,13-16,24,27-29,31,44H,12,17-23H2,1-5H3,(H,39,45)(H,41,47)(H,42,48)(H,43,46)(H4,37,38,40)/t27-,28-,29-,31+/m0/s1. The van der Waals surface area contributed by atoms with Crippen molar-refractivity contribution in [2.45, 2.75) is 97.6 Å². The summed E-state index contributed by atoms with van der Waals surface area (Å²) >= 11 is 0. The van der Waals surface area contributed by atoms with Crippen molar-refractivity contribution in [3.63, 3.8) is 0 Å². The minimum Gasteiger partial charge on any atom is -0.445 e. The molecular formula is C36H55N7O6. The molecule has 0 bridgehead atoms. The summed E-state index contributed by atoms with van der Waals surface area (Å²) in [5, 5.41) is 22.2. The second-order valence-electron chi connectivity index (χ2n) is 13.6. The third kappa shape index (κ3) is 16.3. The number of carbonyl (C=O) groups excluding carboxylic acids is 4. The lowest BCUT2D eigenvalue weighted by atomic mass is 9.85. The molecule has 13 heteroatoms. The highest BCUT2D eigenvalue weighted by Gasteiger charge is 2.37. The Labute approximate surface area is 290 Å². The summed E-state index contributed by atoms with van der Waals surface area (Å²) in [5.41, 5.74) is 11.9. The number of nitrogens with one attached hydrogen (secondary N) is 4. The zero-order chi connectivity index (χ0) is 36.4. The van der Waals surface area contributed by atoms with E-state index in [4.69, 9.17) is 16.2 Å². The number of amides is 4. The molecule has 0 aromatic heterocycles. The maximum Gasteiger partial charge on any atom is 0.408 e. The number of guanidine groups is 1. The van der Waals surface area contributed by atoms with Gasteiger partial charge in [-0.25, -0.2) is 4.79 Å². The van der Waals surface area contributed by atoms with Crippen LogP contribution < -0.4 is 32.7 Å². The Bertz CT molecular complexity index is 1340. The van der Waals surface area contributed by atoms with Crippen LogP contribution in [-0.4, -0.2) is 72.2 Å². The van der Waals surface area contributed by atoms with Crippen molar-refractivity contribution in [1.82, 2.24) is 21.3 Å². The van der Waals surface area contributed by atoms with Gasteiger partial charge in [0.2, 0.25) is 17.7 Å². The lowest BCUT2D eigenvalue weighted by Crippen LogP contribution is -2.60. The van der Waals surface area contributed by atoms with Crippen molar-refractivity contribution in [2.24, 2.45) is 27.8 Å². The van der Waals surface area contributed by atoms with Crippen LogP contribution in [0.1, 0.15) is 71.4 Å². The Balaban J connectivity index is 2.10. The molecule has 4 atom stereocenters. The van der Waals surface area contributed by atoms with E-state index in [9.17, 15) is 24.3 Å². The predicted molar refractivity (Wildman–Crippen MR) is 190 cm³/mol. The lowest BCUT2D eigenvalue weighted by molar-refractivity contribution is -0.134. The lowest BCUT2D eigenvalue weighted by Gasteiger charge is -2.34. The Morgan fingerprint density at radius 3 is 2.06 bits per heavy atom. The molecule has 0 heterocycles. The Hall–Kier alpha value is -4.65. The number of hydrogen-bond donors (Lipinski definition) is 7. The fraction of sp³-hybridized carbons (Fsp3) is 0.528. The van der Waals surface area contributed by atoms with Gasteiger partial charge in [0.15, 0.2) is 5.96 Å². The molecule has 0 unspecified atom stereocenters. The van der Waals surface area contributed by atoms with Gasteiger partial charge in [-0.2, -0.15) is 0 Å². The molecule has 0 saturated carbocycles. The van der Waals surface area contributed by atoms with E-state index in [2.05, 4.69) is 26.3 Å². The summed E-state index contributed by atoms with van der Waals surface area (Å²) in [6, 6.07) is 16.0. The van der Waals surface area contributed by atoms with Crippen LogP contribution in [0.15, 0.2) is 65.7 Å². The van der Waals surface area contributed by atoms with Gasteiger partial charge in [0.25, 0.3) is 0 Å². The molecule has 4 amide bonds. The van der Waals surface area contributed by atoms with Crippen molar-refractivity contribution in [1.29, 1.82) is 0 Å². The summed E-state index contributed by atoms with van der Waals surface area (Å²) in [6.45, 7) is 9.92. The van der Waals surface area contributed by atoms with Gasteiger partial charge >= 0.3 is 6.09 Å². The highest BCUT2D eigenvalue weighted by atomic mass is 16.5. The van der Waals surface area contributed by atoms with E-state index < -0.39 is 47.6 Å². The third-order valence-corrected chi connectivity index (χ3v) is 7.67. The first-order chi connectivity index (χ1) is 23.1. The second-order valence-corrected chi connectivity index (χ2v) is 13.6. The minimum atomic E-state index is -1.16. The number of nitrogens with two attached hydrogens (primary N) is 2. The van der Waals surface area contributed by atoms with E-state index in [1.54, 1.807) is 32.9 Å². The Morgan fingerprint density at radius 1 is 0.878 bits per heavy atom. The second kappa shape index (κ2) is 20.7. The van der Waals surface area contributed by atoms with Crippen LogP contribution in [0.5, 0.6) is 0 Å². The molecule has 2 rings (SSSR count). The van der Waals surface area contributed by atoms with E-state index in [0.29, 0.717) is 25.8 Å². The summed E-state index contributed by atoms with van der Waals surface area (Å²) in [7, 11) is 0. The van der Waals surface area contributed by atoms with Crippen molar-refractivity contribution >= 4 is 29.8 Å². The van der Waals surface area contributed by atoms with Crippen LogP contribution in [0.25, 0.3) is 0 Å². The number of alkyl carbamates (subject to hydrolysis) is 1.